The topological polar surface area (TPSA) is 12.5 Å². The minimum atomic E-state index is 0.949. The number of methoxy groups -OCH3 is 1. The van der Waals surface area contributed by atoms with E-state index in [2.05, 4.69) is 51.2 Å². The molecule has 1 aromatic rings. The van der Waals surface area contributed by atoms with E-state index in [4.69, 9.17) is 4.74 Å². The van der Waals surface area contributed by atoms with E-state index in [1.807, 2.05) is 6.07 Å². The molecule has 1 aromatic carbocycles. The van der Waals surface area contributed by atoms with Gasteiger partial charge in [-0.3, -0.25) is 0 Å². The first-order valence-electron chi connectivity index (χ1n) is 7.60. The summed E-state index contributed by atoms with van der Waals surface area (Å²) in [6, 6.07) is 8.40. The van der Waals surface area contributed by atoms with E-state index < -0.39 is 0 Å². The molecule has 0 saturated heterocycles. The first-order valence-corrected chi connectivity index (χ1v) is 7.60. The van der Waals surface area contributed by atoms with E-state index >= 15 is 0 Å². The van der Waals surface area contributed by atoms with Gasteiger partial charge in [0.1, 0.15) is 12.3 Å². The number of nitrogens with zero attached hydrogens (tertiary/aromatic N) is 2. The fourth-order valence-electron chi connectivity index (χ4n) is 2.61. The summed E-state index contributed by atoms with van der Waals surface area (Å²) >= 11 is 0. The van der Waals surface area contributed by atoms with Gasteiger partial charge >= 0.3 is 0 Å². The maximum absolute atomic E-state index is 5.30. The summed E-state index contributed by atoms with van der Waals surface area (Å²) in [6.07, 6.45) is 2.48. The summed E-state index contributed by atoms with van der Waals surface area (Å²) in [7, 11) is 8.55. The van der Waals surface area contributed by atoms with Crippen LogP contribution in [0, 0.1) is 0 Å². The van der Waals surface area contributed by atoms with Crippen LogP contribution >= 0.6 is 0 Å². The number of benzene rings is 1. The minimum Gasteiger partial charge on any atom is -0.497 e. The summed E-state index contributed by atoms with van der Waals surface area (Å²) in [5.74, 6) is 0.949. The molecule has 0 aliphatic carbocycles. The lowest BCUT2D eigenvalue weighted by Crippen LogP contribution is -2.40. The van der Waals surface area contributed by atoms with E-state index in [-0.39, 0.29) is 0 Å². The van der Waals surface area contributed by atoms with Crippen LogP contribution in [0.25, 0.3) is 0 Å². The molecule has 0 bridgehead atoms. The molecule has 114 valence electrons. The van der Waals surface area contributed by atoms with Crippen molar-refractivity contribution < 1.29 is 9.22 Å². The molecule has 0 fully saturated rings. The van der Waals surface area contributed by atoms with Crippen molar-refractivity contribution in [1.82, 2.24) is 4.90 Å². The highest BCUT2D eigenvalue weighted by Gasteiger charge is 2.16. The lowest BCUT2D eigenvalue weighted by atomic mass is 10.2. The van der Waals surface area contributed by atoms with Crippen molar-refractivity contribution in [3.63, 3.8) is 0 Å². The third-order valence-corrected chi connectivity index (χ3v) is 3.65. The van der Waals surface area contributed by atoms with Gasteiger partial charge in [0, 0.05) is 18.5 Å². The Morgan fingerprint density at radius 3 is 2.60 bits per heavy atom. The fourth-order valence-corrected chi connectivity index (χ4v) is 2.61. The normalized spacial score (nSPS) is 11.9. The summed E-state index contributed by atoms with van der Waals surface area (Å²) in [5, 5.41) is 0. The second-order valence-corrected chi connectivity index (χ2v) is 6.33. The van der Waals surface area contributed by atoms with Gasteiger partial charge in [0.25, 0.3) is 0 Å². The summed E-state index contributed by atoms with van der Waals surface area (Å²) < 4.78 is 6.32. The SMILES string of the molecule is CCCN(C)CCC[N+](C)(C)Cc1cccc(OC)c1. The van der Waals surface area contributed by atoms with E-state index in [0.717, 1.165) is 16.8 Å². The molecule has 0 saturated carbocycles. The predicted octanol–water partition coefficient (Wildman–Crippen LogP) is 3.00. The molecule has 3 nitrogen and oxygen atoms in total. The van der Waals surface area contributed by atoms with Gasteiger partial charge in [-0.15, -0.1) is 0 Å². The predicted molar refractivity (Wildman–Crippen MR) is 86.1 cm³/mol. The Morgan fingerprint density at radius 1 is 1.20 bits per heavy atom. The molecule has 0 heterocycles. The van der Waals surface area contributed by atoms with Crippen molar-refractivity contribution >= 4 is 0 Å². The molecule has 0 spiro atoms. The third-order valence-electron chi connectivity index (χ3n) is 3.65. The number of hydrogen-bond acceptors (Lipinski definition) is 2. The van der Waals surface area contributed by atoms with Crippen molar-refractivity contribution in [2.24, 2.45) is 0 Å². The van der Waals surface area contributed by atoms with Crippen LogP contribution in [0.15, 0.2) is 24.3 Å². The third kappa shape index (κ3) is 6.40. The first-order chi connectivity index (χ1) is 9.46. The molecule has 0 aliphatic heterocycles. The van der Waals surface area contributed by atoms with Gasteiger partial charge in [-0.1, -0.05) is 19.1 Å². The Kier molecular flexibility index (Phi) is 7.03. The monoisotopic (exact) mass is 279 g/mol. The molecule has 1 rings (SSSR count). The van der Waals surface area contributed by atoms with Crippen LogP contribution in [0.3, 0.4) is 0 Å². The molecule has 0 amide bonds. The highest BCUT2D eigenvalue weighted by Crippen LogP contribution is 2.16. The lowest BCUT2D eigenvalue weighted by molar-refractivity contribution is -0.903. The summed E-state index contributed by atoms with van der Waals surface area (Å²) in [5.41, 5.74) is 1.34. The zero-order chi connectivity index (χ0) is 15.0. The van der Waals surface area contributed by atoms with Gasteiger partial charge in [0.05, 0.1) is 27.7 Å². The van der Waals surface area contributed by atoms with Crippen LogP contribution in [0.5, 0.6) is 5.75 Å². The van der Waals surface area contributed by atoms with Crippen LogP contribution in [0.1, 0.15) is 25.3 Å². The van der Waals surface area contributed by atoms with Crippen molar-refractivity contribution in [3.05, 3.63) is 29.8 Å². The van der Waals surface area contributed by atoms with E-state index in [1.54, 1.807) is 7.11 Å². The van der Waals surface area contributed by atoms with E-state index in [1.165, 1.54) is 38.0 Å². The Bertz CT molecular complexity index is 390. The van der Waals surface area contributed by atoms with Gasteiger partial charge in [-0.2, -0.15) is 0 Å². The molecule has 0 atom stereocenters. The zero-order valence-corrected chi connectivity index (χ0v) is 13.9. The van der Waals surface area contributed by atoms with Crippen molar-refractivity contribution in [2.45, 2.75) is 26.3 Å². The van der Waals surface area contributed by atoms with Gasteiger partial charge in [-0.05, 0) is 32.1 Å². The van der Waals surface area contributed by atoms with E-state index in [0.29, 0.717) is 0 Å². The molecule has 20 heavy (non-hydrogen) atoms. The molecule has 3 heteroatoms. The molecule has 0 unspecified atom stereocenters. The van der Waals surface area contributed by atoms with E-state index in [9.17, 15) is 0 Å². The van der Waals surface area contributed by atoms with Crippen molar-refractivity contribution in [1.29, 1.82) is 0 Å². The van der Waals surface area contributed by atoms with Crippen LogP contribution in [0.2, 0.25) is 0 Å². The average molecular weight is 279 g/mol. The zero-order valence-electron chi connectivity index (χ0n) is 13.9. The Labute approximate surface area is 124 Å². The smallest absolute Gasteiger partial charge is 0.119 e. The quantitative estimate of drug-likeness (QED) is 0.644. The number of ether oxygens (including phenoxy) is 1. The maximum atomic E-state index is 5.30. The van der Waals surface area contributed by atoms with Crippen LogP contribution in [-0.4, -0.2) is 57.3 Å². The Hall–Kier alpha value is -1.06. The number of rotatable bonds is 9. The number of quaternary nitrogens is 1. The molecule has 0 aromatic heterocycles. The highest BCUT2D eigenvalue weighted by atomic mass is 16.5. The lowest BCUT2D eigenvalue weighted by Gasteiger charge is -2.30. The van der Waals surface area contributed by atoms with Gasteiger partial charge in [-0.25, -0.2) is 0 Å². The molecule has 0 N–H and O–H groups in total. The molecular formula is C17H31N2O+. The first kappa shape index (κ1) is 17.0. The largest absolute Gasteiger partial charge is 0.497 e. The van der Waals surface area contributed by atoms with Crippen LogP contribution in [-0.2, 0) is 6.54 Å². The minimum absolute atomic E-state index is 0.949. The highest BCUT2D eigenvalue weighted by molar-refractivity contribution is 5.27. The van der Waals surface area contributed by atoms with Crippen molar-refractivity contribution in [2.75, 3.05) is 47.9 Å². The Balaban J connectivity index is 2.43. The summed E-state index contributed by atoms with van der Waals surface area (Å²) in [4.78, 5) is 2.42. The van der Waals surface area contributed by atoms with Crippen molar-refractivity contribution in [3.8, 4) is 5.75 Å². The molecule has 0 aliphatic rings. The molecular weight excluding hydrogens is 248 g/mol. The van der Waals surface area contributed by atoms with Crippen LogP contribution in [0.4, 0.5) is 0 Å². The maximum Gasteiger partial charge on any atom is 0.119 e. The summed E-state index contributed by atoms with van der Waals surface area (Å²) in [6.45, 7) is 6.87. The molecule has 0 radical (unpaired) electrons. The standard InChI is InChI=1S/C17H31N2O/c1-6-11-18(2)12-8-13-19(3,4)15-16-9-7-10-17(14-16)20-5/h7,9-10,14H,6,8,11-13,15H2,1-5H3/q+1. The van der Waals surface area contributed by atoms with Gasteiger partial charge < -0.3 is 14.1 Å². The second kappa shape index (κ2) is 8.28. The average Bonchev–Trinajstić information content (AvgIpc) is 2.38. The van der Waals surface area contributed by atoms with Crippen LogP contribution < -0.4 is 4.74 Å². The Morgan fingerprint density at radius 2 is 1.95 bits per heavy atom. The second-order valence-electron chi connectivity index (χ2n) is 6.33. The number of hydrogen-bond donors (Lipinski definition) is 0. The fraction of sp³-hybridized carbons (Fsp3) is 0.647. The van der Waals surface area contributed by atoms with Gasteiger partial charge in [0.15, 0.2) is 0 Å². The van der Waals surface area contributed by atoms with Gasteiger partial charge in [0.2, 0.25) is 0 Å².